The number of rotatable bonds is 4. The average Bonchev–Trinajstić information content (AvgIpc) is 2.55. The van der Waals surface area contributed by atoms with Crippen LogP contribution < -0.4 is 9.64 Å². The first kappa shape index (κ1) is 14.0. The second-order valence-electron chi connectivity index (χ2n) is 5.72. The summed E-state index contributed by atoms with van der Waals surface area (Å²) in [5.74, 6) is 1.05. The van der Waals surface area contributed by atoms with Crippen molar-refractivity contribution in [3.8, 4) is 5.75 Å². The Bertz CT molecular complexity index is 603. The van der Waals surface area contributed by atoms with Gasteiger partial charge >= 0.3 is 0 Å². The number of aryl methyl sites for hydroxylation is 2. The van der Waals surface area contributed by atoms with E-state index in [0.717, 1.165) is 31.6 Å². The quantitative estimate of drug-likeness (QED) is 0.803. The predicted molar refractivity (Wildman–Crippen MR) is 88.8 cm³/mol. The van der Waals surface area contributed by atoms with Gasteiger partial charge in [-0.1, -0.05) is 31.5 Å². The lowest BCUT2D eigenvalue weighted by atomic mass is 10.1. The lowest BCUT2D eigenvalue weighted by Crippen LogP contribution is -2.12. The number of ether oxygens (including phenoxy) is 1. The number of anilines is 2. The molecule has 0 N–H and O–H groups in total. The Morgan fingerprint density at radius 1 is 1.05 bits per heavy atom. The van der Waals surface area contributed by atoms with E-state index in [2.05, 4.69) is 61.3 Å². The molecule has 0 atom stereocenters. The monoisotopic (exact) mass is 281 g/mol. The smallest absolute Gasteiger partial charge is 0.124 e. The van der Waals surface area contributed by atoms with E-state index < -0.39 is 0 Å². The van der Waals surface area contributed by atoms with Gasteiger partial charge in [-0.2, -0.15) is 0 Å². The van der Waals surface area contributed by atoms with Crippen molar-refractivity contribution in [3.63, 3.8) is 0 Å². The minimum atomic E-state index is 0.839. The Hall–Kier alpha value is -1.96. The van der Waals surface area contributed by atoms with Gasteiger partial charge in [0.15, 0.2) is 0 Å². The third kappa shape index (κ3) is 3.05. The summed E-state index contributed by atoms with van der Waals surface area (Å²) < 4.78 is 5.77. The van der Waals surface area contributed by atoms with E-state index in [4.69, 9.17) is 4.74 Å². The van der Waals surface area contributed by atoms with Crippen LogP contribution in [0.3, 0.4) is 0 Å². The summed E-state index contributed by atoms with van der Waals surface area (Å²) in [4.78, 5) is 2.22. The topological polar surface area (TPSA) is 12.5 Å². The predicted octanol–water partition coefficient (Wildman–Crippen LogP) is 4.73. The molecule has 1 heterocycles. The highest BCUT2D eigenvalue weighted by atomic mass is 16.5. The highest BCUT2D eigenvalue weighted by molar-refractivity contribution is 5.65. The molecule has 0 radical (unpaired) electrons. The van der Waals surface area contributed by atoms with Crippen LogP contribution in [0.5, 0.6) is 5.75 Å². The van der Waals surface area contributed by atoms with Gasteiger partial charge in [0.05, 0.1) is 6.61 Å². The van der Waals surface area contributed by atoms with Crippen molar-refractivity contribution in [3.05, 3.63) is 53.6 Å². The number of nitrogens with zero attached hydrogens (tertiary/aromatic N) is 1. The SMILES string of the molecule is CCCc1ccc(N(C)c2ccc3c(c2)OCCC3)cc1. The molecule has 0 amide bonds. The van der Waals surface area contributed by atoms with E-state index in [1.54, 1.807) is 0 Å². The van der Waals surface area contributed by atoms with Crippen LogP contribution in [0.2, 0.25) is 0 Å². The van der Waals surface area contributed by atoms with Crippen molar-refractivity contribution < 1.29 is 4.74 Å². The van der Waals surface area contributed by atoms with Crippen LogP contribution >= 0.6 is 0 Å². The summed E-state index contributed by atoms with van der Waals surface area (Å²) in [5.41, 5.74) is 5.13. The molecular weight excluding hydrogens is 258 g/mol. The second-order valence-corrected chi connectivity index (χ2v) is 5.72. The van der Waals surface area contributed by atoms with E-state index in [-0.39, 0.29) is 0 Å². The van der Waals surface area contributed by atoms with E-state index in [1.165, 1.54) is 28.9 Å². The summed E-state index contributed by atoms with van der Waals surface area (Å²) >= 11 is 0. The number of benzene rings is 2. The number of hydrogen-bond donors (Lipinski definition) is 0. The van der Waals surface area contributed by atoms with Crippen LogP contribution in [0.4, 0.5) is 11.4 Å². The lowest BCUT2D eigenvalue weighted by Gasteiger charge is -2.23. The summed E-state index contributed by atoms with van der Waals surface area (Å²) in [7, 11) is 2.11. The maximum absolute atomic E-state index is 5.77. The van der Waals surface area contributed by atoms with Crippen LogP contribution in [0.25, 0.3) is 0 Å². The minimum absolute atomic E-state index is 0.839. The Morgan fingerprint density at radius 3 is 2.57 bits per heavy atom. The number of fused-ring (bicyclic) bond motifs is 1. The molecule has 2 nitrogen and oxygen atoms in total. The first-order valence-corrected chi connectivity index (χ1v) is 7.86. The van der Waals surface area contributed by atoms with E-state index in [9.17, 15) is 0 Å². The maximum atomic E-state index is 5.77. The fraction of sp³-hybridized carbons (Fsp3) is 0.368. The summed E-state index contributed by atoms with van der Waals surface area (Å²) in [6.07, 6.45) is 4.60. The van der Waals surface area contributed by atoms with Crippen molar-refractivity contribution in [2.75, 3.05) is 18.6 Å². The van der Waals surface area contributed by atoms with Gasteiger partial charge in [0.25, 0.3) is 0 Å². The molecule has 0 aromatic heterocycles. The Labute approximate surface area is 127 Å². The lowest BCUT2D eigenvalue weighted by molar-refractivity contribution is 0.288. The van der Waals surface area contributed by atoms with Crippen molar-refractivity contribution in [1.82, 2.24) is 0 Å². The molecule has 2 aromatic carbocycles. The van der Waals surface area contributed by atoms with Gasteiger partial charge in [-0.15, -0.1) is 0 Å². The zero-order chi connectivity index (χ0) is 14.7. The molecule has 2 heteroatoms. The molecule has 0 unspecified atom stereocenters. The molecule has 2 aromatic rings. The molecule has 0 fully saturated rings. The van der Waals surface area contributed by atoms with E-state index in [1.807, 2.05) is 0 Å². The molecule has 0 aliphatic carbocycles. The zero-order valence-electron chi connectivity index (χ0n) is 12.9. The van der Waals surface area contributed by atoms with Crippen molar-refractivity contribution in [2.45, 2.75) is 32.6 Å². The van der Waals surface area contributed by atoms with Gasteiger partial charge in [0.1, 0.15) is 5.75 Å². The van der Waals surface area contributed by atoms with Gasteiger partial charge in [-0.25, -0.2) is 0 Å². The molecule has 0 spiro atoms. The Balaban J connectivity index is 1.82. The first-order valence-electron chi connectivity index (χ1n) is 7.86. The summed E-state index contributed by atoms with van der Waals surface area (Å²) in [6.45, 7) is 3.05. The van der Waals surface area contributed by atoms with Gasteiger partial charge in [0, 0.05) is 24.5 Å². The zero-order valence-corrected chi connectivity index (χ0v) is 12.9. The number of hydrogen-bond acceptors (Lipinski definition) is 2. The third-order valence-corrected chi connectivity index (χ3v) is 4.15. The normalized spacial score (nSPS) is 13.4. The fourth-order valence-corrected chi connectivity index (χ4v) is 2.86. The molecule has 0 saturated carbocycles. The maximum Gasteiger partial charge on any atom is 0.124 e. The van der Waals surface area contributed by atoms with Crippen molar-refractivity contribution in [1.29, 1.82) is 0 Å². The van der Waals surface area contributed by atoms with Crippen molar-refractivity contribution >= 4 is 11.4 Å². The van der Waals surface area contributed by atoms with Crippen LogP contribution in [-0.2, 0) is 12.8 Å². The molecule has 1 aliphatic rings. The van der Waals surface area contributed by atoms with Crippen LogP contribution in [0, 0.1) is 0 Å². The van der Waals surface area contributed by atoms with Gasteiger partial charge in [-0.05, 0) is 48.6 Å². The van der Waals surface area contributed by atoms with Crippen LogP contribution in [-0.4, -0.2) is 13.7 Å². The Morgan fingerprint density at radius 2 is 1.81 bits per heavy atom. The fourth-order valence-electron chi connectivity index (χ4n) is 2.86. The third-order valence-electron chi connectivity index (χ3n) is 4.15. The molecule has 21 heavy (non-hydrogen) atoms. The molecule has 0 bridgehead atoms. The molecular formula is C19H23NO. The highest BCUT2D eigenvalue weighted by Crippen LogP contribution is 2.32. The Kier molecular flexibility index (Phi) is 4.14. The van der Waals surface area contributed by atoms with Gasteiger partial charge in [0.2, 0.25) is 0 Å². The van der Waals surface area contributed by atoms with Gasteiger partial charge in [-0.3, -0.25) is 0 Å². The minimum Gasteiger partial charge on any atom is -0.493 e. The van der Waals surface area contributed by atoms with Crippen LogP contribution in [0.1, 0.15) is 30.9 Å². The molecule has 1 aliphatic heterocycles. The summed E-state index contributed by atoms with van der Waals surface area (Å²) in [6, 6.07) is 15.4. The average molecular weight is 281 g/mol. The molecule has 0 saturated heterocycles. The molecule has 3 rings (SSSR count). The largest absolute Gasteiger partial charge is 0.493 e. The summed E-state index contributed by atoms with van der Waals surface area (Å²) in [5, 5.41) is 0. The van der Waals surface area contributed by atoms with E-state index >= 15 is 0 Å². The highest BCUT2D eigenvalue weighted by Gasteiger charge is 2.12. The second kappa shape index (κ2) is 6.21. The molecule has 110 valence electrons. The first-order chi connectivity index (χ1) is 10.3. The standard InChI is InChI=1S/C19H23NO/c1-3-5-15-7-10-17(11-8-15)20(2)18-12-9-16-6-4-13-21-19(16)14-18/h7-12,14H,3-6,13H2,1-2H3. The van der Waals surface area contributed by atoms with Crippen LogP contribution in [0.15, 0.2) is 42.5 Å². The van der Waals surface area contributed by atoms with Gasteiger partial charge < -0.3 is 9.64 Å². The van der Waals surface area contributed by atoms with Crippen molar-refractivity contribution in [2.24, 2.45) is 0 Å². The van der Waals surface area contributed by atoms with E-state index in [0.29, 0.717) is 0 Å².